The van der Waals surface area contributed by atoms with Crippen molar-refractivity contribution >= 4 is 5.91 Å². The maximum atomic E-state index is 12.9. The van der Waals surface area contributed by atoms with E-state index in [1.54, 1.807) is 6.33 Å². The molecule has 2 atom stereocenters. The van der Waals surface area contributed by atoms with Gasteiger partial charge in [0.15, 0.2) is 0 Å². The minimum Gasteiger partial charge on any atom is -0.372 e. The van der Waals surface area contributed by atoms with E-state index in [9.17, 15) is 4.79 Å². The van der Waals surface area contributed by atoms with Gasteiger partial charge in [0, 0.05) is 19.7 Å². The summed E-state index contributed by atoms with van der Waals surface area (Å²) in [7, 11) is 1.97. The number of benzene rings is 1. The van der Waals surface area contributed by atoms with Crippen molar-refractivity contribution < 1.29 is 9.53 Å². The van der Waals surface area contributed by atoms with Crippen LogP contribution in [-0.4, -0.2) is 28.1 Å². The largest absolute Gasteiger partial charge is 0.372 e. The lowest BCUT2D eigenvalue weighted by Crippen LogP contribution is -2.44. The third kappa shape index (κ3) is 2.73. The molecule has 1 aromatic carbocycles. The average molecular weight is 325 g/mol. The van der Waals surface area contributed by atoms with Gasteiger partial charge in [-0.15, -0.1) is 0 Å². The van der Waals surface area contributed by atoms with Crippen molar-refractivity contribution in [1.82, 2.24) is 14.9 Å². The van der Waals surface area contributed by atoms with Gasteiger partial charge in [0.2, 0.25) is 5.91 Å². The number of nitrogens with one attached hydrogen (secondary N) is 1. The number of aryl methyl sites for hydroxylation is 1. The highest BCUT2D eigenvalue weighted by Crippen LogP contribution is 2.48. The molecule has 1 N–H and O–H groups in total. The van der Waals surface area contributed by atoms with Gasteiger partial charge in [-0.05, 0) is 31.2 Å². The second-order valence-corrected chi connectivity index (χ2v) is 6.93. The molecule has 5 heteroatoms. The summed E-state index contributed by atoms with van der Waals surface area (Å²) in [6.07, 6.45) is 7.19. The monoisotopic (exact) mass is 325 g/mol. The highest BCUT2D eigenvalue weighted by Gasteiger charge is 2.51. The second-order valence-electron chi connectivity index (χ2n) is 6.93. The molecule has 1 aliphatic heterocycles. The SMILES string of the molecule is Cn1cncc1[C@H]1C[C@@H](NC(=O)C2(c3ccccc3)CC2)CCO1. The van der Waals surface area contributed by atoms with E-state index in [0.717, 1.165) is 36.9 Å². The minimum absolute atomic E-state index is 0.00317. The average Bonchev–Trinajstić information content (AvgIpc) is 3.32. The van der Waals surface area contributed by atoms with Gasteiger partial charge in [0.25, 0.3) is 0 Å². The lowest BCUT2D eigenvalue weighted by atomic mass is 9.93. The van der Waals surface area contributed by atoms with Crippen LogP contribution in [0.4, 0.5) is 0 Å². The molecule has 2 fully saturated rings. The summed E-state index contributed by atoms with van der Waals surface area (Å²) in [6.45, 7) is 0.666. The molecule has 126 valence electrons. The van der Waals surface area contributed by atoms with Crippen molar-refractivity contribution in [2.45, 2.75) is 43.2 Å². The predicted molar refractivity (Wildman–Crippen MR) is 90.4 cm³/mol. The van der Waals surface area contributed by atoms with Crippen LogP contribution in [0.5, 0.6) is 0 Å². The van der Waals surface area contributed by atoms with E-state index in [4.69, 9.17) is 4.74 Å². The van der Waals surface area contributed by atoms with Gasteiger partial charge in [-0.25, -0.2) is 4.98 Å². The maximum Gasteiger partial charge on any atom is 0.230 e. The zero-order chi connectivity index (χ0) is 16.6. The highest BCUT2D eigenvalue weighted by atomic mass is 16.5. The van der Waals surface area contributed by atoms with Crippen LogP contribution >= 0.6 is 0 Å². The standard InChI is InChI=1S/C19H23N3O2/c1-22-13-20-12-16(22)17-11-15(7-10-24-17)21-18(23)19(8-9-19)14-5-3-2-4-6-14/h2-6,12-13,15,17H,7-11H2,1H3,(H,21,23)/t15-,17+/m0/s1. The van der Waals surface area contributed by atoms with Crippen molar-refractivity contribution in [2.24, 2.45) is 7.05 Å². The van der Waals surface area contributed by atoms with Crippen LogP contribution in [0.1, 0.15) is 43.0 Å². The molecule has 1 amide bonds. The molecule has 0 bridgehead atoms. The van der Waals surface area contributed by atoms with Crippen LogP contribution in [0.15, 0.2) is 42.9 Å². The Bertz CT molecular complexity index is 721. The number of amides is 1. The number of rotatable bonds is 4. The molecule has 2 heterocycles. The predicted octanol–water partition coefficient (Wildman–Crippen LogP) is 2.49. The Labute approximate surface area is 142 Å². The number of hydrogen-bond acceptors (Lipinski definition) is 3. The molecule has 1 aliphatic carbocycles. The third-order valence-electron chi connectivity index (χ3n) is 5.31. The Morgan fingerprint density at radius 3 is 2.79 bits per heavy atom. The van der Waals surface area contributed by atoms with E-state index in [1.165, 1.54) is 0 Å². The van der Waals surface area contributed by atoms with Crippen LogP contribution in [0, 0.1) is 0 Å². The summed E-state index contributed by atoms with van der Waals surface area (Å²) in [4.78, 5) is 17.1. The molecular weight excluding hydrogens is 302 g/mol. The van der Waals surface area contributed by atoms with Gasteiger partial charge >= 0.3 is 0 Å². The van der Waals surface area contributed by atoms with Gasteiger partial charge in [0.05, 0.1) is 23.6 Å². The number of imidazole rings is 1. The second kappa shape index (κ2) is 6.06. The molecule has 1 saturated carbocycles. The maximum absolute atomic E-state index is 12.9. The molecule has 0 radical (unpaired) electrons. The van der Waals surface area contributed by atoms with Crippen molar-refractivity contribution in [2.75, 3.05) is 6.61 Å². The van der Waals surface area contributed by atoms with E-state index in [-0.39, 0.29) is 23.5 Å². The Hall–Kier alpha value is -2.14. The number of carbonyl (C=O) groups excluding carboxylic acids is 1. The fourth-order valence-electron chi connectivity index (χ4n) is 3.66. The zero-order valence-electron chi connectivity index (χ0n) is 13.9. The quantitative estimate of drug-likeness (QED) is 0.939. The Balaban J connectivity index is 1.44. The molecule has 0 unspecified atom stereocenters. The smallest absolute Gasteiger partial charge is 0.230 e. The summed E-state index contributed by atoms with van der Waals surface area (Å²) in [5, 5.41) is 3.28. The Kier molecular flexibility index (Phi) is 3.88. The highest BCUT2D eigenvalue weighted by molar-refractivity contribution is 5.91. The van der Waals surface area contributed by atoms with E-state index in [2.05, 4.69) is 22.4 Å². The van der Waals surface area contributed by atoms with Gasteiger partial charge in [-0.1, -0.05) is 30.3 Å². The van der Waals surface area contributed by atoms with Gasteiger partial charge in [-0.3, -0.25) is 4.79 Å². The molecule has 2 aliphatic rings. The first kappa shape index (κ1) is 15.4. The molecular formula is C19H23N3O2. The number of aromatic nitrogens is 2. The molecule has 24 heavy (non-hydrogen) atoms. The summed E-state index contributed by atoms with van der Waals surface area (Å²) in [6, 6.07) is 10.3. The van der Waals surface area contributed by atoms with Crippen molar-refractivity contribution in [3.63, 3.8) is 0 Å². The van der Waals surface area contributed by atoms with Crippen LogP contribution in [0.3, 0.4) is 0 Å². The number of nitrogens with zero attached hydrogens (tertiary/aromatic N) is 2. The molecule has 2 aromatic rings. The third-order valence-corrected chi connectivity index (χ3v) is 5.31. The lowest BCUT2D eigenvalue weighted by molar-refractivity contribution is -0.125. The van der Waals surface area contributed by atoms with Crippen LogP contribution in [-0.2, 0) is 22.0 Å². The fraction of sp³-hybridized carbons (Fsp3) is 0.474. The molecule has 1 aromatic heterocycles. The topological polar surface area (TPSA) is 56.2 Å². The van der Waals surface area contributed by atoms with Crippen molar-refractivity contribution in [3.8, 4) is 0 Å². The lowest BCUT2D eigenvalue weighted by Gasteiger charge is -2.31. The Morgan fingerprint density at radius 1 is 1.33 bits per heavy atom. The van der Waals surface area contributed by atoms with E-state index in [0.29, 0.717) is 6.61 Å². The minimum atomic E-state index is -0.304. The number of ether oxygens (including phenoxy) is 1. The van der Waals surface area contributed by atoms with Gasteiger partial charge < -0.3 is 14.6 Å². The first-order valence-corrected chi connectivity index (χ1v) is 8.63. The summed E-state index contributed by atoms with van der Waals surface area (Å²) >= 11 is 0. The number of carbonyl (C=O) groups is 1. The van der Waals surface area contributed by atoms with Gasteiger partial charge in [-0.2, -0.15) is 0 Å². The molecule has 0 spiro atoms. The van der Waals surface area contributed by atoms with Gasteiger partial charge in [0.1, 0.15) is 6.10 Å². The van der Waals surface area contributed by atoms with Crippen LogP contribution in [0.2, 0.25) is 0 Å². The summed E-state index contributed by atoms with van der Waals surface area (Å²) in [5.41, 5.74) is 1.90. The molecule has 1 saturated heterocycles. The molecule has 4 rings (SSSR count). The van der Waals surface area contributed by atoms with E-state index >= 15 is 0 Å². The fourth-order valence-corrected chi connectivity index (χ4v) is 3.66. The van der Waals surface area contributed by atoms with E-state index < -0.39 is 0 Å². The van der Waals surface area contributed by atoms with Crippen LogP contribution < -0.4 is 5.32 Å². The Morgan fingerprint density at radius 2 is 2.12 bits per heavy atom. The number of hydrogen-bond donors (Lipinski definition) is 1. The summed E-state index contributed by atoms with van der Waals surface area (Å²) in [5.74, 6) is 0.171. The first-order valence-electron chi connectivity index (χ1n) is 8.63. The first-order chi connectivity index (χ1) is 11.7. The molecule has 5 nitrogen and oxygen atoms in total. The van der Waals surface area contributed by atoms with Crippen LogP contribution in [0.25, 0.3) is 0 Å². The van der Waals surface area contributed by atoms with E-state index in [1.807, 2.05) is 36.0 Å². The zero-order valence-corrected chi connectivity index (χ0v) is 13.9. The van der Waals surface area contributed by atoms with Crippen molar-refractivity contribution in [3.05, 3.63) is 54.1 Å². The van der Waals surface area contributed by atoms with Crippen molar-refractivity contribution in [1.29, 1.82) is 0 Å². The summed E-state index contributed by atoms with van der Waals surface area (Å²) < 4.78 is 7.88. The normalized spacial score (nSPS) is 25.2.